The Hall–Kier alpha value is -2.36. The summed E-state index contributed by atoms with van der Waals surface area (Å²) in [7, 11) is 1.60. The third-order valence-electron chi connectivity index (χ3n) is 4.44. The minimum Gasteiger partial charge on any atom is -0.444 e. The fraction of sp³-hybridized carbons (Fsp3) is 0.765. The van der Waals surface area contributed by atoms with Crippen LogP contribution < -0.4 is 10.2 Å². The summed E-state index contributed by atoms with van der Waals surface area (Å²) in [6.45, 7) is 8.95. The molecule has 27 heavy (non-hydrogen) atoms. The maximum absolute atomic E-state index is 12.1. The van der Waals surface area contributed by atoms with Crippen molar-refractivity contribution >= 4 is 17.6 Å². The second kappa shape index (κ2) is 8.55. The van der Waals surface area contributed by atoms with Gasteiger partial charge >= 0.3 is 11.8 Å². The molecule has 10 nitrogen and oxygen atoms in total. The van der Waals surface area contributed by atoms with E-state index >= 15 is 0 Å². The van der Waals surface area contributed by atoms with Gasteiger partial charge in [0.2, 0.25) is 5.82 Å². The monoisotopic (exact) mass is 383 g/mol. The largest absolute Gasteiger partial charge is 0.444 e. The molecule has 2 rings (SSSR count). The van der Waals surface area contributed by atoms with Crippen LogP contribution in [0.1, 0.15) is 40.5 Å². The molecule has 10 heteroatoms. The second-order valence-electron chi connectivity index (χ2n) is 7.52. The number of rotatable bonds is 5. The highest BCUT2D eigenvalue weighted by Crippen LogP contribution is 2.30. The van der Waals surface area contributed by atoms with Crippen molar-refractivity contribution < 1.29 is 19.2 Å². The first kappa shape index (κ1) is 20.9. The van der Waals surface area contributed by atoms with E-state index in [2.05, 4.69) is 10.4 Å². The van der Waals surface area contributed by atoms with Gasteiger partial charge in [-0.3, -0.25) is 10.1 Å². The molecule has 0 saturated carbocycles. The van der Waals surface area contributed by atoms with Crippen molar-refractivity contribution in [1.29, 1.82) is 0 Å². The van der Waals surface area contributed by atoms with Crippen LogP contribution in [0.25, 0.3) is 0 Å². The number of amides is 1. The van der Waals surface area contributed by atoms with E-state index in [4.69, 9.17) is 9.47 Å². The van der Waals surface area contributed by atoms with Crippen molar-refractivity contribution in [3.8, 4) is 0 Å². The molecule has 1 aliphatic rings. The number of hydrogen-bond donors (Lipinski definition) is 1. The van der Waals surface area contributed by atoms with Crippen molar-refractivity contribution in [2.45, 2.75) is 64.8 Å². The van der Waals surface area contributed by atoms with Gasteiger partial charge in [0.15, 0.2) is 0 Å². The van der Waals surface area contributed by atoms with E-state index in [1.165, 1.54) is 6.20 Å². The highest BCUT2D eigenvalue weighted by molar-refractivity contribution is 5.68. The van der Waals surface area contributed by atoms with E-state index in [0.717, 1.165) is 0 Å². The van der Waals surface area contributed by atoms with E-state index < -0.39 is 16.6 Å². The molecule has 152 valence electrons. The number of nitrogens with zero attached hydrogens (tertiary/aromatic N) is 4. The SMILES string of the molecule is CCn1ncc([N+](=O)[O-])c1N1CC[C@@H](NC(=O)OC(C)(C)C)[C@H](OC)CC1. The first-order chi connectivity index (χ1) is 12.7. The molecule has 0 spiro atoms. The molecule has 0 bridgehead atoms. The van der Waals surface area contributed by atoms with Crippen LogP contribution in [-0.4, -0.2) is 58.7 Å². The van der Waals surface area contributed by atoms with Crippen molar-refractivity contribution in [1.82, 2.24) is 15.1 Å². The van der Waals surface area contributed by atoms with Gasteiger partial charge in [0.05, 0.1) is 17.1 Å². The van der Waals surface area contributed by atoms with Crippen LogP contribution in [0.5, 0.6) is 0 Å². The Morgan fingerprint density at radius 2 is 2.07 bits per heavy atom. The summed E-state index contributed by atoms with van der Waals surface area (Å²) in [6, 6.07) is -0.244. The van der Waals surface area contributed by atoms with E-state index in [9.17, 15) is 14.9 Å². The topological polar surface area (TPSA) is 112 Å². The number of carbonyl (C=O) groups is 1. The van der Waals surface area contributed by atoms with Crippen LogP contribution in [0.15, 0.2) is 6.20 Å². The quantitative estimate of drug-likeness (QED) is 0.613. The summed E-state index contributed by atoms with van der Waals surface area (Å²) < 4.78 is 12.5. The lowest BCUT2D eigenvalue weighted by Gasteiger charge is -2.26. The predicted molar refractivity (Wildman–Crippen MR) is 100.0 cm³/mol. The average molecular weight is 383 g/mol. The van der Waals surface area contributed by atoms with Crippen LogP contribution in [0.4, 0.5) is 16.3 Å². The van der Waals surface area contributed by atoms with E-state index in [0.29, 0.717) is 38.3 Å². The number of hydrogen-bond acceptors (Lipinski definition) is 7. The van der Waals surface area contributed by atoms with Crippen molar-refractivity contribution in [3.63, 3.8) is 0 Å². The van der Waals surface area contributed by atoms with Crippen LogP contribution in [0, 0.1) is 10.1 Å². The maximum atomic E-state index is 12.1. The molecule has 0 radical (unpaired) electrons. The van der Waals surface area contributed by atoms with E-state index in [-0.39, 0.29) is 17.8 Å². The number of anilines is 1. The Balaban J connectivity index is 2.15. The van der Waals surface area contributed by atoms with Gasteiger partial charge in [-0.15, -0.1) is 0 Å². The lowest BCUT2D eigenvalue weighted by Crippen LogP contribution is -2.46. The number of alkyl carbamates (subject to hydrolysis) is 1. The summed E-state index contributed by atoms with van der Waals surface area (Å²) in [6.07, 6.45) is 1.77. The van der Waals surface area contributed by atoms with Gasteiger partial charge in [0.25, 0.3) is 0 Å². The van der Waals surface area contributed by atoms with Crippen LogP contribution >= 0.6 is 0 Å². The number of methoxy groups -OCH3 is 1. The van der Waals surface area contributed by atoms with Gasteiger partial charge in [-0.1, -0.05) is 0 Å². The Labute approximate surface area is 158 Å². The molecule has 2 heterocycles. The van der Waals surface area contributed by atoms with Crippen LogP contribution in [-0.2, 0) is 16.0 Å². The summed E-state index contributed by atoms with van der Waals surface area (Å²) in [4.78, 5) is 25.0. The van der Waals surface area contributed by atoms with Gasteiger partial charge in [-0.2, -0.15) is 5.10 Å². The molecule has 1 aliphatic heterocycles. The van der Waals surface area contributed by atoms with E-state index in [1.807, 2.05) is 11.8 Å². The molecule has 1 aromatic heterocycles. The summed E-state index contributed by atoms with van der Waals surface area (Å²) in [5.41, 5.74) is -0.596. The Bertz CT molecular complexity index is 669. The number of nitrogens with one attached hydrogen (secondary N) is 1. The maximum Gasteiger partial charge on any atom is 0.407 e. The molecule has 1 aromatic rings. The number of aryl methyl sites for hydroxylation is 1. The van der Waals surface area contributed by atoms with Crippen LogP contribution in [0.2, 0.25) is 0 Å². The minimum atomic E-state index is -0.586. The number of aromatic nitrogens is 2. The second-order valence-corrected chi connectivity index (χ2v) is 7.52. The fourth-order valence-electron chi connectivity index (χ4n) is 3.25. The van der Waals surface area contributed by atoms with Crippen molar-refractivity contribution in [2.24, 2.45) is 0 Å². The Morgan fingerprint density at radius 1 is 1.41 bits per heavy atom. The number of carbonyl (C=O) groups excluding carboxylic acids is 1. The summed E-state index contributed by atoms with van der Waals surface area (Å²) >= 11 is 0. The third kappa shape index (κ3) is 5.31. The van der Waals surface area contributed by atoms with Crippen molar-refractivity contribution in [3.05, 3.63) is 16.3 Å². The first-order valence-electron chi connectivity index (χ1n) is 9.13. The third-order valence-corrected chi connectivity index (χ3v) is 4.44. The molecule has 1 saturated heterocycles. The normalized spacial score (nSPS) is 20.9. The average Bonchev–Trinajstić information content (AvgIpc) is 2.90. The first-order valence-corrected chi connectivity index (χ1v) is 9.13. The van der Waals surface area contributed by atoms with E-state index in [1.54, 1.807) is 32.6 Å². The number of nitro groups is 1. The highest BCUT2D eigenvalue weighted by Gasteiger charge is 2.33. The molecule has 0 aromatic carbocycles. The van der Waals surface area contributed by atoms with Crippen LogP contribution in [0.3, 0.4) is 0 Å². The molecular weight excluding hydrogens is 354 g/mol. The van der Waals surface area contributed by atoms with Crippen molar-refractivity contribution in [2.75, 3.05) is 25.1 Å². The highest BCUT2D eigenvalue weighted by atomic mass is 16.6. The van der Waals surface area contributed by atoms with Gasteiger partial charge < -0.3 is 19.7 Å². The zero-order valence-electron chi connectivity index (χ0n) is 16.6. The summed E-state index contributed by atoms with van der Waals surface area (Å²) in [5, 5.41) is 18.4. The lowest BCUT2D eigenvalue weighted by atomic mass is 10.1. The molecule has 0 aliphatic carbocycles. The van der Waals surface area contributed by atoms with Gasteiger partial charge in [0.1, 0.15) is 11.8 Å². The molecule has 0 unspecified atom stereocenters. The molecule has 1 N–H and O–H groups in total. The molecule has 1 fully saturated rings. The lowest BCUT2D eigenvalue weighted by molar-refractivity contribution is -0.384. The molecular formula is C17H29N5O5. The number of ether oxygens (including phenoxy) is 2. The van der Waals surface area contributed by atoms with Gasteiger partial charge in [0, 0.05) is 26.7 Å². The summed E-state index contributed by atoms with van der Waals surface area (Å²) in [5.74, 6) is 0.496. The Kier molecular flexibility index (Phi) is 6.63. The molecule has 1 amide bonds. The zero-order valence-corrected chi connectivity index (χ0v) is 16.6. The predicted octanol–water partition coefficient (Wildman–Crippen LogP) is 2.32. The molecule has 2 atom stereocenters. The van der Waals surface area contributed by atoms with Gasteiger partial charge in [-0.05, 0) is 40.5 Å². The van der Waals surface area contributed by atoms with Gasteiger partial charge in [-0.25, -0.2) is 9.48 Å². The smallest absolute Gasteiger partial charge is 0.407 e. The Morgan fingerprint density at radius 3 is 2.63 bits per heavy atom. The fourth-order valence-corrected chi connectivity index (χ4v) is 3.25. The minimum absolute atomic E-state index is 0.00984. The zero-order chi connectivity index (χ0) is 20.2. The standard InChI is InChI=1S/C17H29N5O5/c1-6-21-15(13(11-18-21)22(24)25)20-9-7-12(14(26-5)8-10-20)19-16(23)27-17(2,3)4/h11-12,14H,6-10H2,1-5H3,(H,19,23)/t12-,14-/m1/s1.